The molecule has 9 heteroatoms. The van der Waals surface area contributed by atoms with E-state index in [2.05, 4.69) is 4.72 Å². The van der Waals surface area contributed by atoms with Crippen LogP contribution in [0.2, 0.25) is 5.02 Å². The normalized spacial score (nSPS) is 12.4. The second-order valence-corrected chi connectivity index (χ2v) is 6.75. The predicted molar refractivity (Wildman–Crippen MR) is 80.8 cm³/mol. The lowest BCUT2D eigenvalue weighted by atomic mass is 9.95. The van der Waals surface area contributed by atoms with Crippen molar-refractivity contribution in [1.29, 1.82) is 0 Å². The highest BCUT2D eigenvalue weighted by Gasteiger charge is 2.34. The first kappa shape index (κ1) is 17.8. The summed E-state index contributed by atoms with van der Waals surface area (Å²) in [6.45, 7) is 3.68. The summed E-state index contributed by atoms with van der Waals surface area (Å²) in [5, 5.41) is 11.1. The molecule has 0 amide bonds. The van der Waals surface area contributed by atoms with Crippen LogP contribution in [-0.4, -0.2) is 25.4 Å². The van der Waals surface area contributed by atoms with E-state index in [1.165, 1.54) is 6.07 Å². The van der Waals surface area contributed by atoms with Crippen molar-refractivity contribution in [3.05, 3.63) is 33.3 Å². The molecular formula is C12H18ClN3O4S. The number of rotatable bonds is 7. The van der Waals surface area contributed by atoms with Gasteiger partial charge in [-0.05, 0) is 25.0 Å². The Labute approximate surface area is 128 Å². The number of hydrogen-bond acceptors (Lipinski definition) is 5. The molecule has 21 heavy (non-hydrogen) atoms. The zero-order valence-electron chi connectivity index (χ0n) is 11.8. The largest absolute Gasteiger partial charge is 0.329 e. The second-order valence-electron chi connectivity index (χ2n) is 4.67. The summed E-state index contributed by atoms with van der Waals surface area (Å²) in [6.07, 6.45) is 0.932. The summed E-state index contributed by atoms with van der Waals surface area (Å²) < 4.78 is 27.4. The highest BCUT2D eigenvalue weighted by Crippen LogP contribution is 2.28. The van der Waals surface area contributed by atoms with Gasteiger partial charge in [-0.25, -0.2) is 13.1 Å². The summed E-state index contributed by atoms with van der Waals surface area (Å²) >= 11 is 5.76. The number of nitrogens with one attached hydrogen (secondary N) is 1. The lowest BCUT2D eigenvalue weighted by Gasteiger charge is -2.30. The minimum atomic E-state index is -4.11. The predicted octanol–water partition coefficient (Wildman–Crippen LogP) is 2.04. The Morgan fingerprint density at radius 2 is 1.95 bits per heavy atom. The molecule has 0 bridgehead atoms. The molecule has 118 valence electrons. The molecule has 0 saturated heterocycles. The van der Waals surface area contributed by atoms with Crippen LogP contribution in [0.5, 0.6) is 0 Å². The van der Waals surface area contributed by atoms with Gasteiger partial charge in [0, 0.05) is 23.2 Å². The minimum Gasteiger partial charge on any atom is -0.329 e. The lowest BCUT2D eigenvalue weighted by molar-refractivity contribution is -0.387. The third-order valence-corrected chi connectivity index (χ3v) is 5.35. The van der Waals surface area contributed by atoms with Crippen molar-refractivity contribution in [2.45, 2.75) is 37.1 Å². The smallest absolute Gasteiger partial charge is 0.289 e. The van der Waals surface area contributed by atoms with Crippen molar-refractivity contribution in [3.63, 3.8) is 0 Å². The van der Waals surface area contributed by atoms with Crippen LogP contribution in [0.15, 0.2) is 23.1 Å². The second kappa shape index (κ2) is 6.69. The van der Waals surface area contributed by atoms with Crippen molar-refractivity contribution < 1.29 is 13.3 Å². The highest BCUT2D eigenvalue weighted by molar-refractivity contribution is 7.89. The van der Waals surface area contributed by atoms with Gasteiger partial charge in [-0.15, -0.1) is 0 Å². The Kier molecular flexibility index (Phi) is 5.68. The molecule has 3 N–H and O–H groups in total. The van der Waals surface area contributed by atoms with Gasteiger partial charge in [0.1, 0.15) is 0 Å². The van der Waals surface area contributed by atoms with E-state index in [4.69, 9.17) is 17.3 Å². The number of benzene rings is 1. The van der Waals surface area contributed by atoms with Crippen molar-refractivity contribution in [2.24, 2.45) is 5.73 Å². The van der Waals surface area contributed by atoms with Crippen LogP contribution in [0.1, 0.15) is 26.7 Å². The number of nitro groups is 1. The van der Waals surface area contributed by atoms with Crippen LogP contribution in [0.3, 0.4) is 0 Å². The highest BCUT2D eigenvalue weighted by atomic mass is 35.5. The first-order valence-electron chi connectivity index (χ1n) is 6.39. The summed E-state index contributed by atoms with van der Waals surface area (Å²) in [5.41, 5.74) is 4.29. The molecule has 0 aliphatic rings. The lowest BCUT2D eigenvalue weighted by Crippen LogP contribution is -2.52. The standard InChI is InChI=1S/C12H18ClN3O4S/c1-3-12(4-2,8-14)15-21(19,20)11-7-9(13)5-6-10(11)16(17)18/h5-7,15H,3-4,8,14H2,1-2H3. The molecule has 0 aliphatic carbocycles. The van der Waals surface area contributed by atoms with Crippen LogP contribution in [0, 0.1) is 10.1 Å². The number of nitrogens with two attached hydrogens (primary N) is 1. The van der Waals surface area contributed by atoms with Crippen LogP contribution < -0.4 is 10.5 Å². The Bertz CT molecular complexity index is 621. The molecule has 1 aromatic carbocycles. The average molecular weight is 336 g/mol. The van der Waals surface area contributed by atoms with Gasteiger partial charge in [-0.2, -0.15) is 0 Å². The molecular weight excluding hydrogens is 318 g/mol. The third-order valence-electron chi connectivity index (χ3n) is 3.50. The number of nitrogens with zero attached hydrogens (tertiary/aromatic N) is 1. The fraction of sp³-hybridized carbons (Fsp3) is 0.500. The van der Waals surface area contributed by atoms with Crippen molar-refractivity contribution >= 4 is 27.3 Å². The monoisotopic (exact) mass is 335 g/mol. The molecule has 0 atom stereocenters. The molecule has 0 radical (unpaired) electrons. The first-order chi connectivity index (χ1) is 9.71. The fourth-order valence-electron chi connectivity index (χ4n) is 1.92. The summed E-state index contributed by atoms with van der Waals surface area (Å²) in [6, 6.07) is 3.40. The minimum absolute atomic E-state index is 0.0909. The molecule has 7 nitrogen and oxygen atoms in total. The molecule has 0 saturated carbocycles. The fourth-order valence-corrected chi connectivity index (χ4v) is 3.91. The molecule has 0 spiro atoms. The number of hydrogen-bond donors (Lipinski definition) is 2. The quantitative estimate of drug-likeness (QED) is 0.584. The van der Waals surface area contributed by atoms with Gasteiger partial charge in [0.05, 0.1) is 4.92 Å². The van der Waals surface area contributed by atoms with Gasteiger partial charge in [0.2, 0.25) is 10.0 Å². The maximum atomic E-state index is 12.5. The van der Waals surface area contributed by atoms with Crippen molar-refractivity contribution in [2.75, 3.05) is 6.54 Å². The molecule has 0 fully saturated rings. The Hall–Kier alpha value is -1.22. The van der Waals surface area contributed by atoms with Gasteiger partial charge in [0.15, 0.2) is 4.90 Å². The molecule has 0 unspecified atom stereocenters. The molecule has 0 aliphatic heterocycles. The van der Waals surface area contributed by atoms with E-state index < -0.39 is 31.1 Å². The van der Waals surface area contributed by atoms with E-state index in [1.54, 1.807) is 13.8 Å². The van der Waals surface area contributed by atoms with E-state index in [0.717, 1.165) is 12.1 Å². The SMILES string of the molecule is CCC(CC)(CN)NS(=O)(=O)c1cc(Cl)ccc1[N+](=O)[O-]. The molecule has 0 heterocycles. The topological polar surface area (TPSA) is 115 Å². The van der Waals surface area contributed by atoms with Gasteiger partial charge in [0.25, 0.3) is 5.69 Å². The summed E-state index contributed by atoms with van der Waals surface area (Å²) in [7, 11) is -4.11. The van der Waals surface area contributed by atoms with E-state index in [0.29, 0.717) is 12.8 Å². The first-order valence-corrected chi connectivity index (χ1v) is 8.25. The Morgan fingerprint density at radius 1 is 1.38 bits per heavy atom. The molecule has 1 rings (SSSR count). The van der Waals surface area contributed by atoms with Gasteiger partial charge < -0.3 is 5.73 Å². The number of halogens is 1. The third kappa shape index (κ3) is 3.91. The van der Waals surface area contributed by atoms with Crippen molar-refractivity contribution in [3.8, 4) is 0 Å². The maximum Gasteiger partial charge on any atom is 0.289 e. The van der Waals surface area contributed by atoms with Crippen LogP contribution in [0.4, 0.5) is 5.69 Å². The summed E-state index contributed by atoms with van der Waals surface area (Å²) in [5.74, 6) is 0. The van der Waals surface area contributed by atoms with E-state index >= 15 is 0 Å². The van der Waals surface area contributed by atoms with Crippen LogP contribution >= 0.6 is 11.6 Å². The maximum absolute atomic E-state index is 12.5. The van der Waals surface area contributed by atoms with Gasteiger partial charge in [-0.1, -0.05) is 25.4 Å². The number of sulfonamides is 1. The average Bonchev–Trinajstić information content (AvgIpc) is 2.44. The zero-order valence-corrected chi connectivity index (χ0v) is 13.4. The van der Waals surface area contributed by atoms with E-state index in [1.807, 2.05) is 0 Å². The van der Waals surface area contributed by atoms with E-state index in [9.17, 15) is 18.5 Å². The zero-order chi connectivity index (χ0) is 16.3. The molecule has 1 aromatic rings. The van der Waals surface area contributed by atoms with E-state index in [-0.39, 0.29) is 11.6 Å². The molecule has 0 aromatic heterocycles. The van der Waals surface area contributed by atoms with Gasteiger partial charge in [-0.3, -0.25) is 10.1 Å². The Balaban J connectivity index is 3.38. The Morgan fingerprint density at radius 3 is 2.38 bits per heavy atom. The van der Waals surface area contributed by atoms with Crippen molar-refractivity contribution in [1.82, 2.24) is 4.72 Å². The number of nitro benzene ring substituents is 1. The van der Waals surface area contributed by atoms with Crippen LogP contribution in [-0.2, 0) is 10.0 Å². The summed E-state index contributed by atoms with van der Waals surface area (Å²) in [4.78, 5) is 9.78. The van der Waals surface area contributed by atoms with Crippen LogP contribution in [0.25, 0.3) is 0 Å². The van der Waals surface area contributed by atoms with Gasteiger partial charge >= 0.3 is 0 Å².